The first kappa shape index (κ1) is 17.6. The molecule has 5 heteroatoms. The fraction of sp³-hybridized carbons (Fsp3) is 0.190. The summed E-state index contributed by atoms with van der Waals surface area (Å²) in [4.78, 5) is 21.2. The SMILES string of the molecule is Cc1cc(C(=O)NCc2ccccc2)nc(Nc2ccc(C)c(C)c2)n1. The number of amides is 1. The topological polar surface area (TPSA) is 66.9 Å². The van der Waals surface area contributed by atoms with E-state index in [4.69, 9.17) is 0 Å². The van der Waals surface area contributed by atoms with Crippen molar-refractivity contribution in [3.8, 4) is 0 Å². The summed E-state index contributed by atoms with van der Waals surface area (Å²) in [6, 6.07) is 17.5. The first-order valence-corrected chi connectivity index (χ1v) is 8.53. The molecule has 5 nitrogen and oxygen atoms in total. The van der Waals surface area contributed by atoms with Crippen molar-refractivity contribution in [2.45, 2.75) is 27.3 Å². The van der Waals surface area contributed by atoms with Gasteiger partial charge in [-0.25, -0.2) is 9.97 Å². The molecule has 0 radical (unpaired) electrons. The van der Waals surface area contributed by atoms with Crippen LogP contribution in [0.3, 0.4) is 0 Å². The van der Waals surface area contributed by atoms with E-state index in [1.54, 1.807) is 6.07 Å². The molecule has 0 saturated heterocycles. The minimum atomic E-state index is -0.220. The minimum Gasteiger partial charge on any atom is -0.347 e. The lowest BCUT2D eigenvalue weighted by molar-refractivity contribution is 0.0945. The van der Waals surface area contributed by atoms with Gasteiger partial charge in [-0.05, 0) is 55.7 Å². The summed E-state index contributed by atoms with van der Waals surface area (Å²) < 4.78 is 0. The summed E-state index contributed by atoms with van der Waals surface area (Å²) in [5.41, 5.74) is 5.43. The Bertz CT molecular complexity index is 923. The van der Waals surface area contributed by atoms with Gasteiger partial charge in [0.05, 0.1) is 0 Å². The van der Waals surface area contributed by atoms with Crippen LogP contribution >= 0.6 is 0 Å². The van der Waals surface area contributed by atoms with Crippen LogP contribution in [-0.2, 0) is 6.54 Å². The van der Waals surface area contributed by atoms with Crippen LogP contribution in [0, 0.1) is 20.8 Å². The van der Waals surface area contributed by atoms with Gasteiger partial charge < -0.3 is 10.6 Å². The van der Waals surface area contributed by atoms with Crippen LogP contribution in [-0.4, -0.2) is 15.9 Å². The molecule has 0 fully saturated rings. The predicted octanol–water partition coefficient (Wildman–Crippen LogP) is 4.08. The molecule has 1 amide bonds. The van der Waals surface area contributed by atoms with E-state index in [0.29, 0.717) is 18.2 Å². The number of aryl methyl sites for hydroxylation is 3. The van der Waals surface area contributed by atoms with Gasteiger partial charge in [-0.3, -0.25) is 4.79 Å². The highest BCUT2D eigenvalue weighted by Gasteiger charge is 2.11. The Morgan fingerprint density at radius 3 is 2.42 bits per heavy atom. The van der Waals surface area contributed by atoms with Gasteiger partial charge in [-0.1, -0.05) is 36.4 Å². The second-order valence-corrected chi connectivity index (χ2v) is 6.31. The summed E-state index contributed by atoms with van der Waals surface area (Å²) in [5, 5.41) is 6.07. The number of nitrogens with zero attached hydrogens (tertiary/aromatic N) is 2. The molecule has 1 aromatic heterocycles. The average Bonchev–Trinajstić information content (AvgIpc) is 2.63. The maximum Gasteiger partial charge on any atom is 0.270 e. The Kier molecular flexibility index (Phi) is 5.27. The lowest BCUT2D eigenvalue weighted by Crippen LogP contribution is -2.24. The normalized spacial score (nSPS) is 10.4. The Morgan fingerprint density at radius 2 is 1.69 bits per heavy atom. The molecule has 1 heterocycles. The molecule has 0 spiro atoms. The summed E-state index contributed by atoms with van der Waals surface area (Å²) in [6.07, 6.45) is 0. The lowest BCUT2D eigenvalue weighted by atomic mass is 10.1. The zero-order valence-electron chi connectivity index (χ0n) is 15.2. The number of hydrogen-bond donors (Lipinski definition) is 2. The Morgan fingerprint density at radius 1 is 0.923 bits per heavy atom. The van der Waals surface area contributed by atoms with Crippen molar-refractivity contribution in [3.63, 3.8) is 0 Å². The predicted molar refractivity (Wildman–Crippen MR) is 104 cm³/mol. The standard InChI is InChI=1S/C21H22N4O/c1-14-9-10-18(11-15(14)2)24-21-23-16(3)12-19(25-21)20(26)22-13-17-7-5-4-6-8-17/h4-12H,13H2,1-3H3,(H,22,26)(H,23,24,25). The number of anilines is 2. The number of aromatic nitrogens is 2. The van der Waals surface area contributed by atoms with E-state index in [2.05, 4.69) is 34.4 Å². The number of hydrogen-bond acceptors (Lipinski definition) is 4. The zero-order chi connectivity index (χ0) is 18.5. The smallest absolute Gasteiger partial charge is 0.270 e. The van der Waals surface area contributed by atoms with E-state index < -0.39 is 0 Å². The van der Waals surface area contributed by atoms with E-state index >= 15 is 0 Å². The van der Waals surface area contributed by atoms with Gasteiger partial charge in [-0.2, -0.15) is 0 Å². The number of benzene rings is 2. The molecule has 3 rings (SSSR count). The van der Waals surface area contributed by atoms with Gasteiger partial charge in [-0.15, -0.1) is 0 Å². The highest BCUT2D eigenvalue weighted by molar-refractivity contribution is 5.92. The third-order valence-corrected chi connectivity index (χ3v) is 4.15. The molecule has 0 aliphatic carbocycles. The number of carbonyl (C=O) groups excluding carboxylic acids is 1. The fourth-order valence-electron chi connectivity index (χ4n) is 2.56. The third kappa shape index (κ3) is 4.45. The zero-order valence-corrected chi connectivity index (χ0v) is 15.2. The second kappa shape index (κ2) is 7.78. The first-order chi connectivity index (χ1) is 12.5. The lowest BCUT2D eigenvalue weighted by Gasteiger charge is -2.10. The molecule has 0 aliphatic heterocycles. The van der Waals surface area contributed by atoms with Crippen LogP contribution in [0.1, 0.15) is 32.9 Å². The van der Waals surface area contributed by atoms with E-state index in [-0.39, 0.29) is 5.91 Å². The van der Waals surface area contributed by atoms with Crippen molar-refractivity contribution in [2.75, 3.05) is 5.32 Å². The molecule has 0 saturated carbocycles. The fourth-order valence-corrected chi connectivity index (χ4v) is 2.56. The number of rotatable bonds is 5. The van der Waals surface area contributed by atoms with Gasteiger partial charge in [0, 0.05) is 17.9 Å². The van der Waals surface area contributed by atoms with Crippen molar-refractivity contribution < 1.29 is 4.79 Å². The van der Waals surface area contributed by atoms with Crippen molar-refractivity contribution in [3.05, 3.63) is 82.7 Å². The largest absolute Gasteiger partial charge is 0.347 e. The first-order valence-electron chi connectivity index (χ1n) is 8.53. The number of nitrogens with one attached hydrogen (secondary N) is 2. The monoisotopic (exact) mass is 346 g/mol. The average molecular weight is 346 g/mol. The van der Waals surface area contributed by atoms with Gasteiger partial charge in [0.15, 0.2) is 0 Å². The maximum absolute atomic E-state index is 12.4. The Balaban J connectivity index is 1.74. The van der Waals surface area contributed by atoms with E-state index in [9.17, 15) is 4.79 Å². The Hall–Kier alpha value is -3.21. The molecule has 3 aromatic rings. The molecule has 2 N–H and O–H groups in total. The van der Waals surface area contributed by atoms with Crippen molar-refractivity contribution in [2.24, 2.45) is 0 Å². The molecular formula is C21H22N4O. The molecule has 0 aliphatic rings. The molecule has 0 bridgehead atoms. The molecule has 26 heavy (non-hydrogen) atoms. The molecule has 0 unspecified atom stereocenters. The van der Waals surface area contributed by atoms with Gasteiger partial charge in [0.1, 0.15) is 5.69 Å². The summed E-state index contributed by atoms with van der Waals surface area (Å²) in [6.45, 7) is 6.43. The quantitative estimate of drug-likeness (QED) is 0.731. The second-order valence-electron chi connectivity index (χ2n) is 6.31. The van der Waals surface area contributed by atoms with E-state index in [1.807, 2.05) is 55.5 Å². The van der Waals surface area contributed by atoms with E-state index in [1.165, 1.54) is 11.1 Å². The van der Waals surface area contributed by atoms with Crippen LogP contribution in [0.5, 0.6) is 0 Å². The third-order valence-electron chi connectivity index (χ3n) is 4.15. The maximum atomic E-state index is 12.4. The van der Waals surface area contributed by atoms with Crippen molar-refractivity contribution in [1.29, 1.82) is 0 Å². The molecule has 2 aromatic carbocycles. The molecule has 0 atom stereocenters. The summed E-state index contributed by atoms with van der Waals surface area (Å²) >= 11 is 0. The summed E-state index contributed by atoms with van der Waals surface area (Å²) in [5.74, 6) is 0.195. The van der Waals surface area contributed by atoms with Crippen molar-refractivity contribution in [1.82, 2.24) is 15.3 Å². The van der Waals surface area contributed by atoms with E-state index in [0.717, 1.165) is 16.9 Å². The van der Waals surface area contributed by atoms with Crippen LogP contribution in [0.2, 0.25) is 0 Å². The minimum absolute atomic E-state index is 0.220. The summed E-state index contributed by atoms with van der Waals surface area (Å²) in [7, 11) is 0. The van der Waals surface area contributed by atoms with Gasteiger partial charge in [0.25, 0.3) is 5.91 Å². The van der Waals surface area contributed by atoms with Crippen LogP contribution < -0.4 is 10.6 Å². The number of carbonyl (C=O) groups is 1. The van der Waals surface area contributed by atoms with Crippen LogP contribution in [0.25, 0.3) is 0 Å². The van der Waals surface area contributed by atoms with Crippen molar-refractivity contribution >= 4 is 17.5 Å². The molecular weight excluding hydrogens is 324 g/mol. The van der Waals surface area contributed by atoms with Crippen LogP contribution in [0.15, 0.2) is 54.6 Å². The van der Waals surface area contributed by atoms with Gasteiger partial charge in [0.2, 0.25) is 5.95 Å². The van der Waals surface area contributed by atoms with Gasteiger partial charge >= 0.3 is 0 Å². The molecule has 132 valence electrons. The highest BCUT2D eigenvalue weighted by Crippen LogP contribution is 2.18. The Labute approximate surface area is 153 Å². The highest BCUT2D eigenvalue weighted by atomic mass is 16.1. The van der Waals surface area contributed by atoms with Crippen LogP contribution in [0.4, 0.5) is 11.6 Å².